The molecule has 0 saturated heterocycles. The molecule has 6 heteroatoms. The molecule has 1 aromatic carbocycles. The Balaban J connectivity index is 2.18. The summed E-state index contributed by atoms with van der Waals surface area (Å²) < 4.78 is 20.5. The summed E-state index contributed by atoms with van der Waals surface area (Å²) in [7, 11) is 1.82. The first-order valence-electron chi connectivity index (χ1n) is 5.58. The minimum absolute atomic E-state index is 0.222. The summed E-state index contributed by atoms with van der Waals surface area (Å²) in [6.45, 7) is 2.04. The number of aryl methyl sites for hydroxylation is 1. The van der Waals surface area contributed by atoms with Crippen molar-refractivity contribution < 1.29 is 9.13 Å². The number of ether oxygens (including phenoxy) is 1. The van der Waals surface area contributed by atoms with Crippen LogP contribution in [0.3, 0.4) is 0 Å². The first kappa shape index (κ1) is 12.5. The fourth-order valence-corrected chi connectivity index (χ4v) is 1.59. The predicted molar refractivity (Wildman–Crippen MR) is 64.3 cm³/mol. The van der Waals surface area contributed by atoms with E-state index in [1.807, 2.05) is 14.0 Å². The quantitative estimate of drug-likeness (QED) is 0.894. The van der Waals surface area contributed by atoms with E-state index in [0.29, 0.717) is 11.6 Å². The molecule has 0 amide bonds. The number of rotatable bonds is 4. The van der Waals surface area contributed by atoms with Crippen LogP contribution in [0, 0.1) is 5.82 Å². The average Bonchev–Trinajstić information content (AvgIpc) is 2.72. The van der Waals surface area contributed by atoms with Crippen molar-refractivity contribution in [3.05, 3.63) is 41.7 Å². The molecular formula is C12H15FN4O. The van der Waals surface area contributed by atoms with Crippen molar-refractivity contribution in [1.82, 2.24) is 14.8 Å². The van der Waals surface area contributed by atoms with Gasteiger partial charge < -0.3 is 15.0 Å². The number of aromatic nitrogens is 3. The molecule has 2 rings (SSSR count). The lowest BCUT2D eigenvalue weighted by molar-refractivity contribution is 0.285. The molecular weight excluding hydrogens is 235 g/mol. The molecule has 5 nitrogen and oxygen atoms in total. The van der Waals surface area contributed by atoms with Crippen molar-refractivity contribution in [2.45, 2.75) is 19.6 Å². The molecule has 2 aromatic rings. The Bertz CT molecular complexity index is 539. The summed E-state index contributed by atoms with van der Waals surface area (Å²) in [5.74, 6) is 0.746. The Morgan fingerprint density at radius 3 is 2.89 bits per heavy atom. The van der Waals surface area contributed by atoms with E-state index in [1.54, 1.807) is 17.0 Å². The minimum Gasteiger partial charge on any atom is -0.485 e. The summed E-state index contributed by atoms with van der Waals surface area (Å²) in [6, 6.07) is 4.11. The monoisotopic (exact) mass is 250 g/mol. The van der Waals surface area contributed by atoms with E-state index < -0.39 is 0 Å². The van der Waals surface area contributed by atoms with Crippen molar-refractivity contribution in [3.8, 4) is 5.75 Å². The summed E-state index contributed by atoms with van der Waals surface area (Å²) >= 11 is 0. The molecule has 0 aliphatic carbocycles. The largest absolute Gasteiger partial charge is 0.485 e. The molecule has 0 bridgehead atoms. The molecule has 1 heterocycles. The molecule has 2 N–H and O–H groups in total. The highest BCUT2D eigenvalue weighted by Gasteiger charge is 2.10. The van der Waals surface area contributed by atoms with Crippen LogP contribution in [0.25, 0.3) is 0 Å². The minimum atomic E-state index is -0.354. The van der Waals surface area contributed by atoms with E-state index in [0.717, 1.165) is 5.56 Å². The average molecular weight is 250 g/mol. The fourth-order valence-electron chi connectivity index (χ4n) is 1.59. The van der Waals surface area contributed by atoms with Crippen molar-refractivity contribution >= 4 is 0 Å². The van der Waals surface area contributed by atoms with Crippen molar-refractivity contribution in [2.75, 3.05) is 0 Å². The zero-order valence-corrected chi connectivity index (χ0v) is 10.3. The Hall–Kier alpha value is -1.95. The van der Waals surface area contributed by atoms with E-state index in [2.05, 4.69) is 10.2 Å². The van der Waals surface area contributed by atoms with E-state index in [-0.39, 0.29) is 18.5 Å². The van der Waals surface area contributed by atoms with Crippen LogP contribution in [0.15, 0.2) is 24.5 Å². The first-order chi connectivity index (χ1) is 8.58. The van der Waals surface area contributed by atoms with E-state index in [1.165, 1.54) is 12.1 Å². The Morgan fingerprint density at radius 1 is 1.50 bits per heavy atom. The van der Waals surface area contributed by atoms with Gasteiger partial charge in [0.25, 0.3) is 0 Å². The zero-order chi connectivity index (χ0) is 13.1. The van der Waals surface area contributed by atoms with Gasteiger partial charge in [0.1, 0.15) is 24.5 Å². The van der Waals surface area contributed by atoms with Gasteiger partial charge in [-0.2, -0.15) is 0 Å². The predicted octanol–water partition coefficient (Wildman–Crippen LogP) is 1.55. The second-order valence-electron chi connectivity index (χ2n) is 4.12. The topological polar surface area (TPSA) is 66.0 Å². The Labute approximate surface area is 104 Å². The maximum absolute atomic E-state index is 13.2. The number of hydrogen-bond acceptors (Lipinski definition) is 4. The van der Waals surface area contributed by atoms with Crippen LogP contribution in [-0.4, -0.2) is 14.8 Å². The van der Waals surface area contributed by atoms with Gasteiger partial charge in [-0.05, 0) is 13.0 Å². The third-order valence-electron chi connectivity index (χ3n) is 2.63. The first-order valence-corrected chi connectivity index (χ1v) is 5.58. The van der Waals surface area contributed by atoms with Gasteiger partial charge in [0, 0.05) is 24.7 Å². The Morgan fingerprint density at radius 2 is 2.28 bits per heavy atom. The molecule has 0 aliphatic heterocycles. The van der Waals surface area contributed by atoms with E-state index in [4.69, 9.17) is 10.5 Å². The van der Waals surface area contributed by atoms with Crippen molar-refractivity contribution in [2.24, 2.45) is 12.8 Å². The molecule has 0 aliphatic rings. The molecule has 96 valence electrons. The second kappa shape index (κ2) is 5.14. The molecule has 0 unspecified atom stereocenters. The van der Waals surface area contributed by atoms with Crippen LogP contribution >= 0.6 is 0 Å². The standard InChI is InChI=1S/C12H15FN4O/c1-8(14)10-4-3-9(13)5-11(10)18-6-12-16-15-7-17(12)2/h3-5,7-8H,6,14H2,1-2H3/t8-/m1/s1. The highest BCUT2D eigenvalue weighted by molar-refractivity contribution is 5.36. The van der Waals surface area contributed by atoms with Gasteiger partial charge in [-0.15, -0.1) is 10.2 Å². The normalized spacial score (nSPS) is 12.4. The lowest BCUT2D eigenvalue weighted by Crippen LogP contribution is -2.10. The van der Waals surface area contributed by atoms with Crippen LogP contribution in [0.2, 0.25) is 0 Å². The molecule has 1 aromatic heterocycles. The third-order valence-corrected chi connectivity index (χ3v) is 2.63. The van der Waals surface area contributed by atoms with Gasteiger partial charge in [0.2, 0.25) is 0 Å². The molecule has 0 radical (unpaired) electrons. The summed E-state index contributed by atoms with van der Waals surface area (Å²) in [5, 5.41) is 7.63. The highest BCUT2D eigenvalue weighted by atomic mass is 19.1. The second-order valence-corrected chi connectivity index (χ2v) is 4.12. The van der Waals surface area contributed by atoms with Gasteiger partial charge in [0.15, 0.2) is 5.82 Å². The van der Waals surface area contributed by atoms with E-state index in [9.17, 15) is 4.39 Å². The van der Waals surface area contributed by atoms with Crippen molar-refractivity contribution in [3.63, 3.8) is 0 Å². The molecule has 18 heavy (non-hydrogen) atoms. The van der Waals surface area contributed by atoms with Crippen molar-refractivity contribution in [1.29, 1.82) is 0 Å². The summed E-state index contributed by atoms with van der Waals surface area (Å²) in [6.07, 6.45) is 1.58. The fraction of sp³-hybridized carbons (Fsp3) is 0.333. The van der Waals surface area contributed by atoms with Gasteiger partial charge in [-0.1, -0.05) is 6.07 Å². The maximum atomic E-state index is 13.2. The SMILES string of the molecule is C[C@@H](N)c1ccc(F)cc1OCc1nncn1C. The van der Waals surface area contributed by atoms with Crippen LogP contribution < -0.4 is 10.5 Å². The molecule has 0 spiro atoms. The number of benzene rings is 1. The smallest absolute Gasteiger partial charge is 0.170 e. The zero-order valence-electron chi connectivity index (χ0n) is 10.3. The molecule has 0 fully saturated rings. The highest BCUT2D eigenvalue weighted by Crippen LogP contribution is 2.25. The van der Waals surface area contributed by atoms with E-state index >= 15 is 0 Å². The number of nitrogens with two attached hydrogens (primary N) is 1. The van der Waals surface area contributed by atoms with Gasteiger partial charge in [-0.3, -0.25) is 0 Å². The summed E-state index contributed by atoms with van der Waals surface area (Å²) in [5.41, 5.74) is 6.57. The van der Waals surface area contributed by atoms with Gasteiger partial charge >= 0.3 is 0 Å². The lowest BCUT2D eigenvalue weighted by Gasteiger charge is -2.13. The number of hydrogen-bond donors (Lipinski definition) is 1. The van der Waals surface area contributed by atoms with Crippen LogP contribution in [-0.2, 0) is 13.7 Å². The third kappa shape index (κ3) is 2.65. The summed E-state index contributed by atoms with van der Waals surface area (Å²) in [4.78, 5) is 0. The number of nitrogens with zero attached hydrogens (tertiary/aromatic N) is 3. The van der Waals surface area contributed by atoms with Crippen LogP contribution in [0.4, 0.5) is 4.39 Å². The van der Waals surface area contributed by atoms with Crippen LogP contribution in [0.1, 0.15) is 24.4 Å². The molecule has 0 saturated carbocycles. The van der Waals surface area contributed by atoms with Gasteiger partial charge in [0.05, 0.1) is 0 Å². The number of halogens is 1. The van der Waals surface area contributed by atoms with Crippen LogP contribution in [0.5, 0.6) is 5.75 Å². The molecule has 1 atom stereocenters. The maximum Gasteiger partial charge on any atom is 0.170 e. The Kier molecular flexibility index (Phi) is 3.57. The van der Waals surface area contributed by atoms with Gasteiger partial charge in [-0.25, -0.2) is 4.39 Å². The lowest BCUT2D eigenvalue weighted by atomic mass is 10.1.